The van der Waals surface area contributed by atoms with Crippen LogP contribution in [0.25, 0.3) is 0 Å². The fourth-order valence-electron chi connectivity index (χ4n) is 1.11. The minimum atomic E-state index is 0.131. The molecule has 0 N–H and O–H groups in total. The summed E-state index contributed by atoms with van der Waals surface area (Å²) in [5.74, 6) is 0.131. The number of ketones is 1. The lowest BCUT2D eigenvalue weighted by Gasteiger charge is -1.97. The van der Waals surface area contributed by atoms with Crippen molar-refractivity contribution in [1.82, 2.24) is 0 Å². The van der Waals surface area contributed by atoms with E-state index < -0.39 is 0 Å². The Kier molecular flexibility index (Phi) is 4.41. The summed E-state index contributed by atoms with van der Waals surface area (Å²) >= 11 is 5.72. The molecule has 14 heavy (non-hydrogen) atoms. The van der Waals surface area contributed by atoms with Crippen LogP contribution >= 0.6 is 11.6 Å². The van der Waals surface area contributed by atoms with Gasteiger partial charge in [0.05, 0.1) is 0 Å². The molecule has 0 unspecified atom stereocenters. The van der Waals surface area contributed by atoms with Crippen molar-refractivity contribution >= 4 is 17.4 Å². The summed E-state index contributed by atoms with van der Waals surface area (Å²) in [4.78, 5) is 11.5. The van der Waals surface area contributed by atoms with Gasteiger partial charge in [0.2, 0.25) is 0 Å². The zero-order valence-electron chi connectivity index (χ0n) is 8.16. The number of hydrogen-bond acceptors (Lipinski definition) is 1. The first-order chi connectivity index (χ1) is 6.74. The molecule has 0 radical (unpaired) electrons. The van der Waals surface area contributed by atoms with E-state index in [-0.39, 0.29) is 5.78 Å². The highest BCUT2D eigenvalue weighted by Crippen LogP contribution is 2.11. The van der Waals surface area contributed by atoms with E-state index in [0.29, 0.717) is 11.4 Å². The van der Waals surface area contributed by atoms with Gasteiger partial charge in [-0.05, 0) is 30.7 Å². The minimum absolute atomic E-state index is 0.131. The monoisotopic (exact) mass is 208 g/mol. The Morgan fingerprint density at radius 3 is 2.50 bits per heavy atom. The summed E-state index contributed by atoms with van der Waals surface area (Å²) in [7, 11) is 0. The molecule has 1 aromatic carbocycles. The first-order valence-electron chi connectivity index (χ1n) is 4.67. The molecular weight excluding hydrogens is 196 g/mol. The molecule has 1 rings (SSSR count). The normalized spacial score (nSPS) is 10.7. The van der Waals surface area contributed by atoms with Gasteiger partial charge in [-0.25, -0.2) is 0 Å². The standard InChI is InChI=1S/C12H13ClO/c1-2-3-4-5-12(14)10-6-8-11(13)9-7-10/h3-4,6-9H,2,5H2,1H3/b4-3+. The summed E-state index contributed by atoms with van der Waals surface area (Å²) in [6.45, 7) is 2.04. The number of carbonyl (C=O) groups excluding carboxylic acids is 1. The molecule has 0 aromatic heterocycles. The number of hydrogen-bond donors (Lipinski definition) is 0. The van der Waals surface area contributed by atoms with Crippen molar-refractivity contribution in [2.75, 3.05) is 0 Å². The van der Waals surface area contributed by atoms with Gasteiger partial charge < -0.3 is 0 Å². The fraction of sp³-hybridized carbons (Fsp3) is 0.250. The third-order valence-corrected chi connectivity index (χ3v) is 2.12. The van der Waals surface area contributed by atoms with Crippen LogP contribution in [-0.2, 0) is 0 Å². The van der Waals surface area contributed by atoms with Gasteiger partial charge in [-0.1, -0.05) is 30.7 Å². The van der Waals surface area contributed by atoms with Crippen LogP contribution in [0.1, 0.15) is 30.1 Å². The summed E-state index contributed by atoms with van der Waals surface area (Å²) in [6.07, 6.45) is 5.33. The molecule has 0 saturated heterocycles. The molecule has 0 atom stereocenters. The SMILES string of the molecule is CC/C=C/CC(=O)c1ccc(Cl)cc1. The van der Waals surface area contributed by atoms with E-state index in [2.05, 4.69) is 0 Å². The Bertz CT molecular complexity index is 325. The number of halogens is 1. The Balaban J connectivity index is 2.61. The van der Waals surface area contributed by atoms with E-state index in [1.54, 1.807) is 24.3 Å². The van der Waals surface area contributed by atoms with Crippen LogP contribution in [0.5, 0.6) is 0 Å². The van der Waals surface area contributed by atoms with Gasteiger partial charge >= 0.3 is 0 Å². The van der Waals surface area contributed by atoms with Gasteiger partial charge in [-0.15, -0.1) is 0 Å². The molecule has 0 amide bonds. The average molecular weight is 209 g/mol. The number of benzene rings is 1. The summed E-state index contributed by atoms with van der Waals surface area (Å²) in [6, 6.07) is 6.98. The zero-order chi connectivity index (χ0) is 10.4. The summed E-state index contributed by atoms with van der Waals surface area (Å²) in [5, 5.41) is 0.658. The fourth-order valence-corrected chi connectivity index (χ4v) is 1.24. The molecule has 0 aliphatic carbocycles. The molecule has 2 heteroatoms. The second kappa shape index (κ2) is 5.61. The third kappa shape index (κ3) is 3.35. The van der Waals surface area contributed by atoms with E-state index in [0.717, 1.165) is 12.0 Å². The van der Waals surface area contributed by atoms with Crippen molar-refractivity contribution in [2.45, 2.75) is 19.8 Å². The molecule has 74 valence electrons. The van der Waals surface area contributed by atoms with Crippen LogP contribution in [-0.4, -0.2) is 5.78 Å². The number of carbonyl (C=O) groups is 1. The zero-order valence-corrected chi connectivity index (χ0v) is 8.92. The van der Waals surface area contributed by atoms with Crippen molar-refractivity contribution < 1.29 is 4.79 Å². The lowest BCUT2D eigenvalue weighted by Crippen LogP contribution is -1.95. The van der Waals surface area contributed by atoms with E-state index in [1.807, 2.05) is 19.1 Å². The Morgan fingerprint density at radius 1 is 1.29 bits per heavy atom. The van der Waals surface area contributed by atoms with Crippen LogP contribution in [0, 0.1) is 0 Å². The van der Waals surface area contributed by atoms with Gasteiger partial charge in [-0.3, -0.25) is 4.79 Å². The molecule has 0 heterocycles. The first kappa shape index (κ1) is 11.0. The van der Waals surface area contributed by atoms with Crippen LogP contribution in [0.2, 0.25) is 5.02 Å². The molecule has 1 aromatic rings. The van der Waals surface area contributed by atoms with Gasteiger partial charge in [0, 0.05) is 17.0 Å². The molecule has 0 saturated carbocycles. The van der Waals surface area contributed by atoms with E-state index in [4.69, 9.17) is 11.6 Å². The number of rotatable bonds is 4. The predicted octanol–water partition coefficient (Wildman–Crippen LogP) is 3.88. The predicted molar refractivity (Wildman–Crippen MR) is 59.8 cm³/mol. The minimum Gasteiger partial charge on any atom is -0.294 e. The Morgan fingerprint density at radius 2 is 1.93 bits per heavy atom. The molecule has 0 bridgehead atoms. The van der Waals surface area contributed by atoms with Crippen molar-refractivity contribution in [3.63, 3.8) is 0 Å². The van der Waals surface area contributed by atoms with Gasteiger partial charge in [0.15, 0.2) is 5.78 Å². The lowest BCUT2D eigenvalue weighted by molar-refractivity contribution is 0.0996. The molecule has 0 fully saturated rings. The first-order valence-corrected chi connectivity index (χ1v) is 5.05. The molecule has 0 aliphatic heterocycles. The smallest absolute Gasteiger partial charge is 0.166 e. The highest BCUT2D eigenvalue weighted by atomic mass is 35.5. The van der Waals surface area contributed by atoms with Crippen molar-refractivity contribution in [2.24, 2.45) is 0 Å². The Labute approximate surface area is 89.4 Å². The van der Waals surface area contributed by atoms with E-state index in [1.165, 1.54) is 0 Å². The molecule has 0 aliphatic rings. The maximum atomic E-state index is 11.5. The molecular formula is C12H13ClO. The lowest BCUT2D eigenvalue weighted by atomic mass is 10.1. The van der Waals surface area contributed by atoms with E-state index in [9.17, 15) is 4.79 Å². The van der Waals surface area contributed by atoms with Crippen LogP contribution < -0.4 is 0 Å². The second-order valence-corrected chi connectivity index (χ2v) is 3.45. The highest BCUT2D eigenvalue weighted by molar-refractivity contribution is 6.30. The van der Waals surface area contributed by atoms with Crippen LogP contribution in [0.15, 0.2) is 36.4 Å². The molecule has 0 spiro atoms. The van der Waals surface area contributed by atoms with Crippen molar-refractivity contribution in [1.29, 1.82) is 0 Å². The Hall–Kier alpha value is -1.08. The number of allylic oxidation sites excluding steroid dienone is 2. The van der Waals surface area contributed by atoms with Gasteiger partial charge in [0.1, 0.15) is 0 Å². The maximum absolute atomic E-state index is 11.5. The van der Waals surface area contributed by atoms with Crippen molar-refractivity contribution in [3.05, 3.63) is 47.0 Å². The van der Waals surface area contributed by atoms with Crippen LogP contribution in [0.4, 0.5) is 0 Å². The van der Waals surface area contributed by atoms with Gasteiger partial charge in [-0.2, -0.15) is 0 Å². The number of Topliss-reactive ketones (excluding diaryl/α,β-unsaturated/α-hetero) is 1. The van der Waals surface area contributed by atoms with E-state index >= 15 is 0 Å². The molecule has 1 nitrogen and oxygen atoms in total. The maximum Gasteiger partial charge on any atom is 0.166 e. The third-order valence-electron chi connectivity index (χ3n) is 1.87. The summed E-state index contributed by atoms with van der Waals surface area (Å²) < 4.78 is 0. The average Bonchev–Trinajstić information content (AvgIpc) is 2.19. The summed E-state index contributed by atoms with van der Waals surface area (Å²) in [5.41, 5.74) is 0.718. The van der Waals surface area contributed by atoms with Gasteiger partial charge in [0.25, 0.3) is 0 Å². The van der Waals surface area contributed by atoms with Crippen molar-refractivity contribution in [3.8, 4) is 0 Å². The second-order valence-electron chi connectivity index (χ2n) is 3.01. The largest absolute Gasteiger partial charge is 0.294 e. The quantitative estimate of drug-likeness (QED) is 0.542. The highest BCUT2D eigenvalue weighted by Gasteiger charge is 2.02. The topological polar surface area (TPSA) is 17.1 Å². The van der Waals surface area contributed by atoms with Crippen LogP contribution in [0.3, 0.4) is 0 Å².